The van der Waals surface area contributed by atoms with Crippen LogP contribution in [-0.4, -0.2) is 74.2 Å². The molecule has 2 amide bonds. The summed E-state index contributed by atoms with van der Waals surface area (Å²) in [6, 6.07) is 23.6. The van der Waals surface area contributed by atoms with Crippen LogP contribution in [0.4, 0.5) is 4.39 Å². The monoisotopic (exact) mass is 643 g/mol. The quantitative estimate of drug-likeness (QED) is 0.196. The lowest BCUT2D eigenvalue weighted by Crippen LogP contribution is -2.62. The number of aromatic nitrogens is 3. The second-order valence-electron chi connectivity index (χ2n) is 15.0. The highest BCUT2D eigenvalue weighted by molar-refractivity contribution is 6.01. The van der Waals surface area contributed by atoms with E-state index in [0.717, 1.165) is 42.0 Å². The van der Waals surface area contributed by atoms with Gasteiger partial charge in [-0.25, -0.2) is 9.37 Å². The van der Waals surface area contributed by atoms with Crippen LogP contribution in [0.25, 0.3) is 33.5 Å². The Morgan fingerprint density at radius 1 is 0.917 bits per heavy atom. The SMILES string of the molecule is COc1cc(C(=O)N2CC3CC4CC2[C@H]43)cc2nc(-c3cc4ccccc4n3CC3CC3)n(CC3(F)CN(C(=O)c4ccccc4)C3)c12. The van der Waals surface area contributed by atoms with Crippen LogP contribution in [0.1, 0.15) is 46.4 Å². The van der Waals surface area contributed by atoms with Gasteiger partial charge in [-0.2, -0.15) is 0 Å². The first kappa shape index (κ1) is 28.4. The van der Waals surface area contributed by atoms with Crippen LogP contribution in [0.5, 0.6) is 5.75 Å². The van der Waals surface area contributed by atoms with E-state index in [9.17, 15) is 9.59 Å². The molecule has 3 saturated carbocycles. The highest BCUT2D eigenvalue weighted by Gasteiger charge is 2.61. The maximum absolute atomic E-state index is 16.8. The van der Waals surface area contributed by atoms with Gasteiger partial charge < -0.3 is 23.7 Å². The minimum absolute atomic E-state index is 0.00492. The molecular weight excluding hydrogens is 605 g/mol. The minimum Gasteiger partial charge on any atom is -0.494 e. The van der Waals surface area contributed by atoms with Gasteiger partial charge in [0.1, 0.15) is 11.3 Å². The van der Waals surface area contributed by atoms with E-state index in [-0.39, 0.29) is 31.4 Å². The maximum Gasteiger partial charge on any atom is 0.254 e. The summed E-state index contributed by atoms with van der Waals surface area (Å²) < 4.78 is 27.0. The van der Waals surface area contributed by atoms with Crippen molar-refractivity contribution in [3.05, 3.63) is 83.9 Å². The summed E-state index contributed by atoms with van der Waals surface area (Å²) in [6.45, 7) is 1.68. The maximum atomic E-state index is 16.8. The molecule has 3 aliphatic carbocycles. The van der Waals surface area contributed by atoms with Crippen molar-refractivity contribution in [3.63, 3.8) is 0 Å². The predicted molar refractivity (Wildman–Crippen MR) is 181 cm³/mol. The molecule has 2 aromatic heterocycles. The molecule has 0 bridgehead atoms. The number of fused-ring (bicyclic) bond motifs is 2. The van der Waals surface area contributed by atoms with Gasteiger partial charge in [-0.1, -0.05) is 36.4 Å². The van der Waals surface area contributed by atoms with E-state index >= 15 is 4.39 Å². The number of nitrogens with zero attached hydrogens (tertiary/aromatic N) is 5. The summed E-state index contributed by atoms with van der Waals surface area (Å²) in [5.74, 6) is 3.74. The standard InChI is InChI=1S/C39H38FN5O3/c1-48-33-17-27(38(47)44-19-28-13-26-16-31(44)34(26)28)14-29-35(33)45(22-39(40)20-42(21-39)37(46)24-7-3-2-4-8-24)36(41-29)32-15-25-9-5-6-10-30(25)43(32)18-23-11-12-23/h2-10,14-15,17,23,26,28,31,34H,11-13,16,18-22H2,1H3/t26?,28?,31?,34-/m1/s1. The summed E-state index contributed by atoms with van der Waals surface area (Å²) in [5, 5.41) is 1.11. The highest BCUT2D eigenvalue weighted by atomic mass is 19.1. The lowest BCUT2D eigenvalue weighted by atomic mass is 9.53. The first-order valence-electron chi connectivity index (χ1n) is 17.4. The Kier molecular flexibility index (Phi) is 6.01. The van der Waals surface area contributed by atoms with Crippen molar-refractivity contribution in [2.45, 2.75) is 50.5 Å². The number of imidazole rings is 1. The molecule has 48 heavy (non-hydrogen) atoms. The fourth-order valence-electron chi connectivity index (χ4n) is 9.30. The van der Waals surface area contributed by atoms with E-state index in [1.165, 1.54) is 19.3 Å². The molecule has 5 fully saturated rings. The molecule has 3 aromatic carbocycles. The van der Waals surface area contributed by atoms with Crippen molar-refractivity contribution >= 4 is 33.8 Å². The number of para-hydroxylation sites is 1. The first-order valence-corrected chi connectivity index (χ1v) is 17.4. The van der Waals surface area contributed by atoms with Crippen molar-refractivity contribution in [2.24, 2.45) is 23.7 Å². The van der Waals surface area contributed by atoms with Crippen molar-refractivity contribution < 1.29 is 18.7 Å². The summed E-state index contributed by atoms with van der Waals surface area (Å²) >= 11 is 0. The summed E-state index contributed by atoms with van der Waals surface area (Å²) in [5.41, 5.74) is 2.80. The van der Waals surface area contributed by atoms with Crippen LogP contribution in [-0.2, 0) is 13.1 Å². The third kappa shape index (κ3) is 4.21. The molecule has 2 saturated heterocycles. The lowest BCUT2D eigenvalue weighted by molar-refractivity contribution is -0.0290. The second kappa shape index (κ2) is 10.2. The molecule has 8 nitrogen and oxygen atoms in total. The number of rotatable bonds is 8. The minimum atomic E-state index is -1.66. The topological polar surface area (TPSA) is 72.6 Å². The van der Waals surface area contributed by atoms with Gasteiger partial charge in [0.25, 0.3) is 11.8 Å². The Morgan fingerprint density at radius 2 is 1.71 bits per heavy atom. The van der Waals surface area contributed by atoms with Crippen LogP contribution in [0, 0.1) is 23.7 Å². The van der Waals surface area contributed by atoms with E-state index in [2.05, 4.69) is 33.7 Å². The normalized spacial score (nSPS) is 25.0. The largest absolute Gasteiger partial charge is 0.494 e. The summed E-state index contributed by atoms with van der Waals surface area (Å²) in [7, 11) is 1.60. The van der Waals surface area contributed by atoms with E-state index in [0.29, 0.717) is 57.5 Å². The van der Waals surface area contributed by atoms with Crippen molar-refractivity contribution in [3.8, 4) is 17.3 Å². The van der Waals surface area contributed by atoms with Crippen molar-refractivity contribution in [1.29, 1.82) is 0 Å². The zero-order chi connectivity index (χ0) is 32.3. The predicted octanol–water partition coefficient (Wildman–Crippen LogP) is 6.42. The van der Waals surface area contributed by atoms with E-state index in [1.54, 1.807) is 24.1 Å². The average Bonchev–Trinajstić information content (AvgIpc) is 3.74. The Hall–Kier alpha value is -4.66. The van der Waals surface area contributed by atoms with Gasteiger partial charge >= 0.3 is 0 Å². The number of likely N-dealkylation sites (tertiary alicyclic amines) is 2. The van der Waals surface area contributed by atoms with Crippen LogP contribution < -0.4 is 4.74 Å². The molecule has 0 spiro atoms. The van der Waals surface area contributed by atoms with Gasteiger partial charge in [0.2, 0.25) is 0 Å². The van der Waals surface area contributed by atoms with Gasteiger partial charge in [-0.05, 0) is 85.8 Å². The van der Waals surface area contributed by atoms with Gasteiger partial charge in [-0.3, -0.25) is 9.59 Å². The number of hydrogen-bond acceptors (Lipinski definition) is 4. The van der Waals surface area contributed by atoms with Gasteiger partial charge in [0.15, 0.2) is 11.5 Å². The molecule has 244 valence electrons. The number of ether oxygens (including phenoxy) is 1. The summed E-state index contributed by atoms with van der Waals surface area (Å²) in [4.78, 5) is 36.0. The molecule has 2 aliphatic heterocycles. The molecule has 5 aromatic rings. The van der Waals surface area contributed by atoms with Crippen LogP contribution in [0.3, 0.4) is 0 Å². The summed E-state index contributed by atoms with van der Waals surface area (Å²) in [6.07, 6.45) is 4.75. The van der Waals surface area contributed by atoms with Gasteiger partial charge in [0.05, 0.1) is 38.0 Å². The van der Waals surface area contributed by atoms with E-state index < -0.39 is 5.67 Å². The van der Waals surface area contributed by atoms with Gasteiger partial charge in [0, 0.05) is 41.2 Å². The molecule has 0 N–H and O–H groups in total. The van der Waals surface area contributed by atoms with E-state index in [4.69, 9.17) is 9.72 Å². The Bertz CT molecular complexity index is 2130. The Balaban J connectivity index is 1.07. The van der Waals surface area contributed by atoms with Crippen LogP contribution >= 0.6 is 0 Å². The van der Waals surface area contributed by atoms with Crippen LogP contribution in [0.15, 0.2) is 72.8 Å². The Morgan fingerprint density at radius 3 is 2.46 bits per heavy atom. The number of hydrogen-bond donors (Lipinski definition) is 0. The van der Waals surface area contributed by atoms with Crippen molar-refractivity contribution in [2.75, 3.05) is 26.7 Å². The Labute approximate surface area is 278 Å². The number of carbonyl (C=O) groups excluding carboxylic acids is 2. The molecule has 5 aliphatic rings. The fraction of sp³-hybridized carbons (Fsp3) is 0.410. The average molecular weight is 644 g/mol. The van der Waals surface area contributed by atoms with Crippen LogP contribution in [0.2, 0.25) is 0 Å². The smallest absolute Gasteiger partial charge is 0.254 e. The fourth-order valence-corrected chi connectivity index (χ4v) is 9.30. The molecule has 4 atom stereocenters. The molecule has 10 rings (SSSR count). The number of carbonyl (C=O) groups is 2. The molecule has 3 unspecified atom stereocenters. The molecule has 9 heteroatoms. The number of methoxy groups -OCH3 is 1. The number of amides is 2. The zero-order valence-corrected chi connectivity index (χ0v) is 27.0. The molecular formula is C39H38FN5O3. The first-order chi connectivity index (χ1) is 23.4. The highest BCUT2D eigenvalue weighted by Crippen LogP contribution is 2.61. The van der Waals surface area contributed by atoms with Crippen molar-refractivity contribution in [1.82, 2.24) is 23.9 Å². The lowest BCUT2D eigenvalue weighted by Gasteiger charge is -2.52. The second-order valence-corrected chi connectivity index (χ2v) is 15.0. The number of alkyl halides is 1. The number of halogens is 1. The zero-order valence-electron chi connectivity index (χ0n) is 27.0. The molecule has 0 radical (unpaired) electrons. The third-order valence-electron chi connectivity index (χ3n) is 11.9. The molecule has 4 heterocycles. The third-order valence-corrected chi connectivity index (χ3v) is 11.9. The van der Waals surface area contributed by atoms with E-state index in [1.807, 2.05) is 41.0 Å². The number of benzene rings is 3. The van der Waals surface area contributed by atoms with Gasteiger partial charge in [-0.15, -0.1) is 0 Å².